The molecule has 0 radical (unpaired) electrons. The Hall–Kier alpha value is -0.800. The molecular weight excluding hydrogens is 186 g/mol. The summed E-state index contributed by atoms with van der Waals surface area (Å²) in [6, 6.07) is 4.10. The summed E-state index contributed by atoms with van der Waals surface area (Å²) in [5.41, 5.74) is 7.11. The summed E-state index contributed by atoms with van der Waals surface area (Å²) in [4.78, 5) is 4.23. The second kappa shape index (κ2) is 3.52. The first kappa shape index (κ1) is 8.78. The van der Waals surface area contributed by atoms with Crippen LogP contribution in [0.5, 0.6) is 0 Å². The molecule has 0 saturated carbocycles. The zero-order chi connectivity index (χ0) is 9.26. The van der Waals surface area contributed by atoms with E-state index in [0.29, 0.717) is 16.9 Å². The molecular formula is C9H12ClN3. The second-order valence-electron chi connectivity index (χ2n) is 3.27. The third-order valence-corrected chi connectivity index (χ3v) is 2.62. The lowest BCUT2D eigenvalue weighted by molar-refractivity contribution is 0.628. The molecule has 0 aromatic carbocycles. The molecule has 3 nitrogen and oxygen atoms in total. The molecule has 0 aliphatic carbocycles. The summed E-state index contributed by atoms with van der Waals surface area (Å²) in [5.74, 6) is 0. The van der Waals surface area contributed by atoms with E-state index in [2.05, 4.69) is 10.3 Å². The highest BCUT2D eigenvalue weighted by atomic mass is 35.5. The summed E-state index contributed by atoms with van der Waals surface area (Å²) in [6.45, 7) is 1.06. The van der Waals surface area contributed by atoms with Crippen LogP contribution in [-0.4, -0.2) is 11.5 Å². The van der Waals surface area contributed by atoms with Gasteiger partial charge in [0.05, 0.1) is 11.4 Å². The molecule has 0 amide bonds. The summed E-state index contributed by atoms with van der Waals surface area (Å²) in [7, 11) is 0. The molecule has 0 spiro atoms. The Morgan fingerprint density at radius 3 is 3.00 bits per heavy atom. The van der Waals surface area contributed by atoms with Gasteiger partial charge < -0.3 is 11.1 Å². The Morgan fingerprint density at radius 1 is 1.54 bits per heavy atom. The standard InChI is InChI=1S/C9H12ClN3/c10-9-6(11)3-4-8(13-9)7-2-1-5-12-7/h3-4,7,12H,1-2,5,11H2. The second-order valence-corrected chi connectivity index (χ2v) is 3.62. The molecule has 1 aromatic heterocycles. The molecule has 13 heavy (non-hydrogen) atoms. The molecule has 1 aromatic rings. The number of rotatable bonds is 1. The van der Waals surface area contributed by atoms with Crippen LogP contribution in [-0.2, 0) is 0 Å². The van der Waals surface area contributed by atoms with Gasteiger partial charge in [-0.25, -0.2) is 4.98 Å². The number of hydrogen-bond acceptors (Lipinski definition) is 3. The predicted octanol–water partition coefficient (Wildman–Crippen LogP) is 1.74. The van der Waals surface area contributed by atoms with Gasteiger partial charge in [0.15, 0.2) is 5.15 Å². The summed E-state index contributed by atoms with van der Waals surface area (Å²) >= 11 is 5.83. The largest absolute Gasteiger partial charge is 0.396 e. The lowest BCUT2D eigenvalue weighted by Gasteiger charge is -2.09. The van der Waals surface area contributed by atoms with Crippen molar-refractivity contribution in [3.63, 3.8) is 0 Å². The lowest BCUT2D eigenvalue weighted by atomic mass is 10.1. The third kappa shape index (κ3) is 1.76. The van der Waals surface area contributed by atoms with E-state index >= 15 is 0 Å². The van der Waals surface area contributed by atoms with Crippen molar-refractivity contribution in [2.75, 3.05) is 12.3 Å². The predicted molar refractivity (Wildman–Crippen MR) is 53.6 cm³/mol. The van der Waals surface area contributed by atoms with Crippen LogP contribution in [0.2, 0.25) is 5.15 Å². The maximum atomic E-state index is 5.83. The van der Waals surface area contributed by atoms with Crippen LogP contribution in [0, 0.1) is 0 Å². The summed E-state index contributed by atoms with van der Waals surface area (Å²) < 4.78 is 0. The molecule has 1 saturated heterocycles. The third-order valence-electron chi connectivity index (χ3n) is 2.32. The molecule has 0 bridgehead atoms. The van der Waals surface area contributed by atoms with Crippen LogP contribution in [0.1, 0.15) is 24.6 Å². The van der Waals surface area contributed by atoms with E-state index in [-0.39, 0.29) is 0 Å². The monoisotopic (exact) mass is 197 g/mol. The minimum absolute atomic E-state index is 0.359. The van der Waals surface area contributed by atoms with E-state index in [4.69, 9.17) is 17.3 Å². The zero-order valence-electron chi connectivity index (χ0n) is 7.26. The SMILES string of the molecule is Nc1ccc(C2CCCN2)nc1Cl. The van der Waals surface area contributed by atoms with E-state index < -0.39 is 0 Å². The molecule has 2 heterocycles. The molecule has 1 atom stereocenters. The van der Waals surface area contributed by atoms with Crippen molar-refractivity contribution in [2.24, 2.45) is 0 Å². The number of nitrogens with two attached hydrogens (primary N) is 1. The number of halogens is 1. The number of anilines is 1. The fourth-order valence-corrected chi connectivity index (χ4v) is 1.75. The van der Waals surface area contributed by atoms with Crippen molar-refractivity contribution in [1.29, 1.82) is 0 Å². The highest BCUT2D eigenvalue weighted by Gasteiger charge is 2.17. The Balaban J connectivity index is 2.25. The van der Waals surface area contributed by atoms with Gasteiger partial charge in [-0.05, 0) is 31.5 Å². The summed E-state index contributed by atoms with van der Waals surface area (Å²) in [5, 5.41) is 3.77. The van der Waals surface area contributed by atoms with Crippen LogP contribution in [0.4, 0.5) is 5.69 Å². The van der Waals surface area contributed by atoms with E-state index in [1.54, 1.807) is 0 Å². The van der Waals surface area contributed by atoms with Crippen LogP contribution < -0.4 is 11.1 Å². The number of nitrogen functional groups attached to an aromatic ring is 1. The van der Waals surface area contributed by atoms with Gasteiger partial charge in [-0.2, -0.15) is 0 Å². The smallest absolute Gasteiger partial charge is 0.152 e. The van der Waals surface area contributed by atoms with Gasteiger partial charge >= 0.3 is 0 Å². The van der Waals surface area contributed by atoms with Crippen molar-refractivity contribution in [2.45, 2.75) is 18.9 Å². The Bertz CT molecular complexity index is 308. The van der Waals surface area contributed by atoms with Gasteiger partial charge in [-0.15, -0.1) is 0 Å². The lowest BCUT2D eigenvalue weighted by Crippen LogP contribution is -2.14. The van der Waals surface area contributed by atoms with E-state index in [1.165, 1.54) is 6.42 Å². The van der Waals surface area contributed by atoms with Gasteiger partial charge in [0, 0.05) is 6.04 Å². The van der Waals surface area contributed by atoms with Crippen molar-refractivity contribution in [1.82, 2.24) is 10.3 Å². The van der Waals surface area contributed by atoms with Gasteiger partial charge in [-0.3, -0.25) is 0 Å². The normalized spacial score (nSPS) is 22.1. The number of aromatic nitrogens is 1. The van der Waals surface area contributed by atoms with E-state index in [1.807, 2.05) is 12.1 Å². The maximum absolute atomic E-state index is 5.83. The minimum atomic E-state index is 0.359. The molecule has 3 N–H and O–H groups in total. The van der Waals surface area contributed by atoms with Crippen molar-refractivity contribution in [3.8, 4) is 0 Å². The van der Waals surface area contributed by atoms with E-state index in [9.17, 15) is 0 Å². The van der Waals surface area contributed by atoms with Gasteiger partial charge in [0.25, 0.3) is 0 Å². The summed E-state index contributed by atoms with van der Waals surface area (Å²) in [6.07, 6.45) is 2.33. The van der Waals surface area contributed by atoms with E-state index in [0.717, 1.165) is 18.7 Å². The first-order valence-electron chi connectivity index (χ1n) is 4.42. The highest BCUT2D eigenvalue weighted by Crippen LogP contribution is 2.24. The molecule has 1 unspecified atom stereocenters. The molecule has 70 valence electrons. The molecule has 4 heteroatoms. The van der Waals surface area contributed by atoms with Gasteiger partial charge in [-0.1, -0.05) is 11.6 Å². The van der Waals surface area contributed by atoms with Crippen LogP contribution in [0.25, 0.3) is 0 Å². The van der Waals surface area contributed by atoms with Crippen LogP contribution in [0.15, 0.2) is 12.1 Å². The fourth-order valence-electron chi connectivity index (χ4n) is 1.59. The van der Waals surface area contributed by atoms with Crippen molar-refractivity contribution < 1.29 is 0 Å². The number of nitrogens with zero attached hydrogens (tertiary/aromatic N) is 1. The van der Waals surface area contributed by atoms with Crippen molar-refractivity contribution >= 4 is 17.3 Å². The molecule has 1 fully saturated rings. The fraction of sp³-hybridized carbons (Fsp3) is 0.444. The molecule has 2 rings (SSSR count). The average molecular weight is 198 g/mol. The Morgan fingerprint density at radius 2 is 2.38 bits per heavy atom. The minimum Gasteiger partial charge on any atom is -0.396 e. The van der Waals surface area contributed by atoms with Gasteiger partial charge in [0.2, 0.25) is 0 Å². The molecule has 1 aliphatic heterocycles. The highest BCUT2D eigenvalue weighted by molar-refractivity contribution is 6.31. The maximum Gasteiger partial charge on any atom is 0.152 e. The number of hydrogen-bond donors (Lipinski definition) is 2. The van der Waals surface area contributed by atoms with Crippen LogP contribution in [0.3, 0.4) is 0 Å². The number of nitrogens with one attached hydrogen (secondary N) is 1. The Kier molecular flexibility index (Phi) is 2.38. The molecule has 1 aliphatic rings. The topological polar surface area (TPSA) is 50.9 Å². The Labute approximate surface area is 82.3 Å². The first-order chi connectivity index (χ1) is 6.27. The number of pyridine rings is 1. The van der Waals surface area contributed by atoms with Crippen molar-refractivity contribution in [3.05, 3.63) is 23.0 Å². The zero-order valence-corrected chi connectivity index (χ0v) is 8.01. The first-order valence-corrected chi connectivity index (χ1v) is 4.80. The van der Waals surface area contributed by atoms with Gasteiger partial charge in [0.1, 0.15) is 0 Å². The van der Waals surface area contributed by atoms with Crippen LogP contribution >= 0.6 is 11.6 Å². The average Bonchev–Trinajstić information content (AvgIpc) is 2.62. The quantitative estimate of drug-likeness (QED) is 0.675.